The summed E-state index contributed by atoms with van der Waals surface area (Å²) in [6.07, 6.45) is 5.87. The van der Waals surface area contributed by atoms with Gasteiger partial charge in [0.25, 0.3) is 0 Å². The van der Waals surface area contributed by atoms with Gasteiger partial charge in [0.2, 0.25) is 16.9 Å². The number of nitrogens with one attached hydrogen (secondary N) is 2. The molecule has 0 unspecified atom stereocenters. The quantitative estimate of drug-likeness (QED) is 0.795. The van der Waals surface area contributed by atoms with E-state index in [0.717, 1.165) is 37.2 Å². The molecular formula is C16H26N5O2S+. The van der Waals surface area contributed by atoms with Crippen molar-refractivity contribution in [3.05, 3.63) is 5.01 Å². The molecule has 0 radical (unpaired) electrons. The second-order valence-electron chi connectivity index (χ2n) is 6.69. The molecule has 0 atom stereocenters. The number of quaternary nitrogens is 1. The lowest BCUT2D eigenvalue weighted by Gasteiger charge is -2.35. The zero-order valence-electron chi connectivity index (χ0n) is 14.2. The molecule has 0 spiro atoms. The zero-order valence-corrected chi connectivity index (χ0v) is 15.0. The SMILES string of the molecule is Cc1nnc(NC(=O)CCC(=O)N2CC[NH+](C3CCCC3)CC2)s1. The molecule has 2 N–H and O–H groups in total. The van der Waals surface area contributed by atoms with Gasteiger partial charge in [-0.3, -0.25) is 9.59 Å². The van der Waals surface area contributed by atoms with Crippen LogP contribution < -0.4 is 10.2 Å². The molecule has 1 saturated heterocycles. The normalized spacial score (nSPS) is 19.6. The van der Waals surface area contributed by atoms with E-state index in [4.69, 9.17) is 0 Å². The number of piperazine rings is 1. The highest BCUT2D eigenvalue weighted by atomic mass is 32.1. The molecule has 2 aliphatic rings. The summed E-state index contributed by atoms with van der Waals surface area (Å²) in [6, 6.07) is 0.809. The van der Waals surface area contributed by atoms with Gasteiger partial charge in [0, 0.05) is 12.8 Å². The van der Waals surface area contributed by atoms with Gasteiger partial charge < -0.3 is 15.1 Å². The van der Waals surface area contributed by atoms with Crippen molar-refractivity contribution in [1.29, 1.82) is 0 Å². The van der Waals surface area contributed by atoms with Gasteiger partial charge in [-0.2, -0.15) is 0 Å². The van der Waals surface area contributed by atoms with E-state index in [2.05, 4.69) is 15.5 Å². The summed E-state index contributed by atoms with van der Waals surface area (Å²) in [5.41, 5.74) is 0. The first-order valence-electron chi connectivity index (χ1n) is 8.84. The molecule has 2 amide bonds. The van der Waals surface area contributed by atoms with Crippen LogP contribution in [0.4, 0.5) is 5.13 Å². The molecule has 0 bridgehead atoms. The number of anilines is 1. The predicted molar refractivity (Wildman–Crippen MR) is 92.0 cm³/mol. The summed E-state index contributed by atoms with van der Waals surface area (Å²) < 4.78 is 0. The Morgan fingerprint density at radius 1 is 1.21 bits per heavy atom. The second kappa shape index (κ2) is 8.02. The third-order valence-corrected chi connectivity index (χ3v) is 5.78. The third-order valence-electron chi connectivity index (χ3n) is 5.03. The molecule has 24 heavy (non-hydrogen) atoms. The molecule has 1 aromatic heterocycles. The smallest absolute Gasteiger partial charge is 0.226 e. The Kier molecular flexibility index (Phi) is 5.78. The first-order valence-corrected chi connectivity index (χ1v) is 9.66. The number of rotatable bonds is 5. The Morgan fingerprint density at radius 2 is 1.92 bits per heavy atom. The molecule has 1 aromatic rings. The highest BCUT2D eigenvalue weighted by molar-refractivity contribution is 7.15. The van der Waals surface area contributed by atoms with E-state index >= 15 is 0 Å². The van der Waals surface area contributed by atoms with Crippen molar-refractivity contribution < 1.29 is 14.5 Å². The minimum absolute atomic E-state index is 0.0871. The monoisotopic (exact) mass is 352 g/mol. The van der Waals surface area contributed by atoms with Crippen molar-refractivity contribution >= 4 is 28.3 Å². The van der Waals surface area contributed by atoms with Crippen LogP contribution in [0.25, 0.3) is 0 Å². The summed E-state index contributed by atoms with van der Waals surface area (Å²) in [5.74, 6) is -0.0845. The summed E-state index contributed by atoms with van der Waals surface area (Å²) in [6.45, 7) is 5.58. The molecule has 3 rings (SSSR count). The third kappa shape index (κ3) is 4.51. The lowest BCUT2D eigenvalue weighted by molar-refractivity contribution is -0.928. The Hall–Kier alpha value is -1.54. The van der Waals surface area contributed by atoms with Crippen LogP contribution in [0, 0.1) is 6.92 Å². The second-order valence-corrected chi connectivity index (χ2v) is 7.88. The van der Waals surface area contributed by atoms with Gasteiger partial charge in [-0.1, -0.05) is 11.3 Å². The number of carbonyl (C=O) groups excluding carboxylic acids is 2. The van der Waals surface area contributed by atoms with E-state index in [1.54, 1.807) is 4.90 Å². The molecular weight excluding hydrogens is 326 g/mol. The molecule has 1 aliphatic heterocycles. The van der Waals surface area contributed by atoms with E-state index in [0.29, 0.717) is 5.13 Å². The maximum atomic E-state index is 12.3. The summed E-state index contributed by atoms with van der Waals surface area (Å²) >= 11 is 1.34. The Labute approximate surface area is 146 Å². The van der Waals surface area contributed by atoms with Crippen LogP contribution in [-0.2, 0) is 9.59 Å². The van der Waals surface area contributed by atoms with Gasteiger partial charge in [0.15, 0.2) is 0 Å². The van der Waals surface area contributed by atoms with Gasteiger partial charge in [-0.05, 0) is 32.6 Å². The van der Waals surface area contributed by atoms with Crippen molar-refractivity contribution in [2.24, 2.45) is 0 Å². The lowest BCUT2D eigenvalue weighted by Crippen LogP contribution is -3.18. The fourth-order valence-corrected chi connectivity index (χ4v) is 4.30. The predicted octanol–water partition coefficient (Wildman–Crippen LogP) is 0.235. The van der Waals surface area contributed by atoms with Crippen LogP contribution in [0.3, 0.4) is 0 Å². The number of nitrogens with zero attached hydrogens (tertiary/aromatic N) is 3. The average Bonchev–Trinajstić information content (AvgIpc) is 3.25. The molecule has 8 heteroatoms. The first kappa shape index (κ1) is 17.3. The Morgan fingerprint density at radius 3 is 2.54 bits per heavy atom. The average molecular weight is 352 g/mol. The maximum absolute atomic E-state index is 12.3. The first-order chi connectivity index (χ1) is 11.6. The molecule has 2 heterocycles. The number of aryl methyl sites for hydroxylation is 1. The number of hydrogen-bond donors (Lipinski definition) is 2. The van der Waals surface area contributed by atoms with Gasteiger partial charge in [0.05, 0.1) is 32.2 Å². The van der Waals surface area contributed by atoms with Crippen molar-refractivity contribution in [2.45, 2.75) is 51.5 Å². The van der Waals surface area contributed by atoms with Crippen molar-refractivity contribution in [1.82, 2.24) is 15.1 Å². The largest absolute Gasteiger partial charge is 0.331 e. The summed E-state index contributed by atoms with van der Waals surface area (Å²) in [7, 11) is 0. The van der Waals surface area contributed by atoms with Crippen molar-refractivity contribution in [3.8, 4) is 0 Å². The number of aromatic nitrogens is 2. The standard InChI is InChI=1S/C16H25N5O2S/c1-12-18-19-16(24-12)17-14(22)6-7-15(23)21-10-8-20(9-11-21)13-4-2-3-5-13/h13H,2-11H2,1H3,(H,17,19,22)/p+1. The zero-order chi connectivity index (χ0) is 16.9. The highest BCUT2D eigenvalue weighted by Gasteiger charge is 2.30. The van der Waals surface area contributed by atoms with Crippen molar-refractivity contribution in [2.75, 3.05) is 31.5 Å². The van der Waals surface area contributed by atoms with Gasteiger partial charge in [0.1, 0.15) is 5.01 Å². The number of hydrogen-bond acceptors (Lipinski definition) is 5. The molecule has 1 saturated carbocycles. The minimum Gasteiger partial charge on any atom is -0.331 e. The maximum Gasteiger partial charge on any atom is 0.226 e. The lowest BCUT2D eigenvalue weighted by atomic mass is 10.1. The number of amides is 2. The summed E-state index contributed by atoms with van der Waals surface area (Å²) in [5, 5.41) is 11.7. The van der Waals surface area contributed by atoms with Gasteiger partial charge in [-0.25, -0.2) is 0 Å². The van der Waals surface area contributed by atoms with E-state index in [1.165, 1.54) is 37.0 Å². The fraction of sp³-hybridized carbons (Fsp3) is 0.750. The van der Waals surface area contributed by atoms with E-state index in [-0.39, 0.29) is 24.7 Å². The molecule has 1 aliphatic carbocycles. The van der Waals surface area contributed by atoms with Crippen LogP contribution >= 0.6 is 11.3 Å². The Bertz CT molecular complexity index is 577. The van der Waals surface area contributed by atoms with Crippen LogP contribution in [0.1, 0.15) is 43.5 Å². The number of carbonyl (C=O) groups is 2. The van der Waals surface area contributed by atoms with Crippen LogP contribution in [0.15, 0.2) is 0 Å². The molecule has 0 aromatic carbocycles. The highest BCUT2D eigenvalue weighted by Crippen LogP contribution is 2.16. The van der Waals surface area contributed by atoms with Crippen LogP contribution in [-0.4, -0.2) is 59.1 Å². The Balaban J connectivity index is 1.37. The molecule has 2 fully saturated rings. The minimum atomic E-state index is -0.172. The summed E-state index contributed by atoms with van der Waals surface area (Å²) in [4.78, 5) is 27.8. The molecule has 132 valence electrons. The van der Waals surface area contributed by atoms with Crippen LogP contribution in [0.2, 0.25) is 0 Å². The van der Waals surface area contributed by atoms with E-state index in [9.17, 15) is 9.59 Å². The topological polar surface area (TPSA) is 79.6 Å². The van der Waals surface area contributed by atoms with Gasteiger partial charge in [-0.15, -0.1) is 10.2 Å². The van der Waals surface area contributed by atoms with Crippen LogP contribution in [0.5, 0.6) is 0 Å². The van der Waals surface area contributed by atoms with E-state index in [1.807, 2.05) is 11.8 Å². The fourth-order valence-electron chi connectivity index (χ4n) is 3.69. The molecule has 7 nitrogen and oxygen atoms in total. The van der Waals surface area contributed by atoms with Crippen molar-refractivity contribution in [3.63, 3.8) is 0 Å². The van der Waals surface area contributed by atoms with Gasteiger partial charge >= 0.3 is 0 Å². The van der Waals surface area contributed by atoms with E-state index < -0.39 is 0 Å².